The van der Waals surface area contributed by atoms with Crippen LogP contribution in [0.25, 0.3) is 23.0 Å². The number of hydrogen-bond donors (Lipinski definition) is 1. The summed E-state index contributed by atoms with van der Waals surface area (Å²) in [6.07, 6.45) is 5.08. The zero-order chi connectivity index (χ0) is 21.1. The number of hydrogen-bond acceptors (Lipinski definition) is 6. The quantitative estimate of drug-likeness (QED) is 0.495. The second-order valence-electron chi connectivity index (χ2n) is 6.31. The SMILES string of the molecule is N#CC(=Cc1cccn1-c1ccc(S(N)(=O)=O)cc1)c1ccc(-n2cnnn2)cc1. The minimum atomic E-state index is -3.76. The van der Waals surface area contributed by atoms with E-state index in [-0.39, 0.29) is 4.90 Å². The van der Waals surface area contributed by atoms with Gasteiger partial charge < -0.3 is 4.57 Å². The van der Waals surface area contributed by atoms with Gasteiger partial charge in [-0.25, -0.2) is 18.2 Å². The fourth-order valence-corrected chi connectivity index (χ4v) is 3.46. The summed E-state index contributed by atoms with van der Waals surface area (Å²) in [6, 6.07) is 19.4. The zero-order valence-electron chi connectivity index (χ0n) is 15.5. The fraction of sp³-hybridized carbons (Fsp3) is 0. The second-order valence-corrected chi connectivity index (χ2v) is 7.87. The number of nitriles is 1. The largest absolute Gasteiger partial charge is 0.317 e. The van der Waals surface area contributed by atoms with Crippen LogP contribution in [0.2, 0.25) is 0 Å². The Morgan fingerprint density at radius 2 is 1.73 bits per heavy atom. The van der Waals surface area contributed by atoms with E-state index >= 15 is 0 Å². The lowest BCUT2D eigenvalue weighted by molar-refractivity contribution is 0.598. The van der Waals surface area contributed by atoms with Gasteiger partial charge >= 0.3 is 0 Å². The first-order valence-electron chi connectivity index (χ1n) is 8.72. The minimum absolute atomic E-state index is 0.0379. The predicted octanol–water partition coefficient (Wildman–Crippen LogP) is 2.16. The number of primary sulfonamides is 1. The van der Waals surface area contributed by atoms with E-state index in [0.717, 1.165) is 22.6 Å². The Hall–Kier alpha value is -4.07. The number of benzene rings is 2. The van der Waals surface area contributed by atoms with E-state index in [1.165, 1.54) is 23.1 Å². The molecule has 4 aromatic rings. The van der Waals surface area contributed by atoms with Crippen molar-refractivity contribution in [1.29, 1.82) is 5.26 Å². The van der Waals surface area contributed by atoms with Crippen molar-refractivity contribution >= 4 is 21.7 Å². The van der Waals surface area contributed by atoms with Crippen molar-refractivity contribution in [3.05, 3.63) is 84.4 Å². The molecule has 2 aromatic heterocycles. The van der Waals surface area contributed by atoms with E-state index in [4.69, 9.17) is 5.14 Å². The van der Waals surface area contributed by atoms with E-state index in [1.807, 2.05) is 47.2 Å². The second kappa shape index (κ2) is 7.75. The number of tetrazole rings is 1. The van der Waals surface area contributed by atoms with Crippen molar-refractivity contribution in [2.24, 2.45) is 5.14 Å². The Labute approximate surface area is 172 Å². The van der Waals surface area contributed by atoms with Crippen LogP contribution < -0.4 is 5.14 Å². The van der Waals surface area contributed by atoms with Crippen LogP contribution in [0.4, 0.5) is 0 Å². The maximum absolute atomic E-state index is 11.5. The summed E-state index contributed by atoms with van der Waals surface area (Å²) in [7, 11) is -3.76. The van der Waals surface area contributed by atoms with Crippen LogP contribution in [0, 0.1) is 11.3 Å². The number of nitrogens with two attached hydrogens (primary N) is 1. The Balaban J connectivity index is 1.66. The molecule has 148 valence electrons. The first kappa shape index (κ1) is 19.3. The molecule has 0 amide bonds. The molecular formula is C20H15N7O2S. The van der Waals surface area contributed by atoms with Gasteiger partial charge in [0, 0.05) is 17.6 Å². The molecule has 0 radical (unpaired) electrons. The molecule has 0 aliphatic rings. The zero-order valence-corrected chi connectivity index (χ0v) is 16.3. The van der Waals surface area contributed by atoms with Crippen LogP contribution in [-0.4, -0.2) is 33.2 Å². The fourth-order valence-electron chi connectivity index (χ4n) is 2.94. The number of nitrogens with zero attached hydrogens (tertiary/aromatic N) is 6. The highest BCUT2D eigenvalue weighted by molar-refractivity contribution is 7.89. The monoisotopic (exact) mass is 417 g/mol. The van der Waals surface area contributed by atoms with Crippen molar-refractivity contribution in [2.75, 3.05) is 0 Å². The maximum atomic E-state index is 11.5. The molecule has 10 heteroatoms. The molecule has 2 heterocycles. The number of aromatic nitrogens is 5. The molecule has 0 aliphatic carbocycles. The minimum Gasteiger partial charge on any atom is -0.317 e. The summed E-state index contributed by atoms with van der Waals surface area (Å²) in [4.78, 5) is 0.0379. The third kappa shape index (κ3) is 3.88. The average Bonchev–Trinajstić information content (AvgIpc) is 3.44. The summed E-state index contributed by atoms with van der Waals surface area (Å²) in [5, 5.41) is 25.9. The molecule has 0 unspecified atom stereocenters. The number of rotatable bonds is 5. The molecule has 9 nitrogen and oxygen atoms in total. The average molecular weight is 417 g/mol. The Kier molecular flexibility index (Phi) is 4.97. The van der Waals surface area contributed by atoms with Gasteiger partial charge in [0.1, 0.15) is 6.33 Å². The van der Waals surface area contributed by atoms with Crippen LogP contribution in [0.5, 0.6) is 0 Å². The molecular weight excluding hydrogens is 402 g/mol. The van der Waals surface area contributed by atoms with Gasteiger partial charge in [-0.05, 0) is 70.6 Å². The normalized spacial score (nSPS) is 11.9. The first-order valence-corrected chi connectivity index (χ1v) is 10.3. The molecule has 0 spiro atoms. The number of allylic oxidation sites excluding steroid dienone is 1. The van der Waals surface area contributed by atoms with Gasteiger partial charge in [0.15, 0.2) is 0 Å². The standard InChI is InChI=1S/C20H15N7O2S/c21-13-16(15-3-5-18(6-4-15)27-14-23-24-25-27)12-19-2-1-11-26(19)17-7-9-20(10-8-17)30(22,28)29/h1-12,14H,(H2,22,28,29). The molecule has 0 aliphatic heterocycles. The molecule has 0 atom stereocenters. The van der Waals surface area contributed by atoms with E-state index < -0.39 is 10.0 Å². The lowest BCUT2D eigenvalue weighted by Gasteiger charge is -2.08. The molecule has 0 fully saturated rings. The van der Waals surface area contributed by atoms with Crippen molar-refractivity contribution in [1.82, 2.24) is 24.8 Å². The maximum Gasteiger partial charge on any atom is 0.238 e. The van der Waals surface area contributed by atoms with Crippen molar-refractivity contribution in [2.45, 2.75) is 4.90 Å². The van der Waals surface area contributed by atoms with Gasteiger partial charge in [-0.15, -0.1) is 5.10 Å². The molecule has 30 heavy (non-hydrogen) atoms. The highest BCUT2D eigenvalue weighted by Crippen LogP contribution is 2.22. The molecule has 2 N–H and O–H groups in total. The summed E-state index contributed by atoms with van der Waals surface area (Å²) in [5.74, 6) is 0. The molecule has 2 aromatic carbocycles. The van der Waals surface area contributed by atoms with Crippen LogP contribution in [0.3, 0.4) is 0 Å². The lowest BCUT2D eigenvalue weighted by Crippen LogP contribution is -2.12. The summed E-state index contributed by atoms with van der Waals surface area (Å²) in [5.41, 5.74) is 3.50. The van der Waals surface area contributed by atoms with Gasteiger partial charge in [-0.2, -0.15) is 5.26 Å². The molecule has 4 rings (SSSR count). The van der Waals surface area contributed by atoms with E-state index in [0.29, 0.717) is 5.57 Å². The van der Waals surface area contributed by atoms with E-state index in [1.54, 1.807) is 18.2 Å². The highest BCUT2D eigenvalue weighted by Gasteiger charge is 2.09. The van der Waals surface area contributed by atoms with Gasteiger partial charge in [0.05, 0.1) is 22.2 Å². The lowest BCUT2D eigenvalue weighted by atomic mass is 10.1. The van der Waals surface area contributed by atoms with Crippen LogP contribution in [0.1, 0.15) is 11.3 Å². The van der Waals surface area contributed by atoms with Gasteiger partial charge in [-0.3, -0.25) is 0 Å². The topological polar surface area (TPSA) is 132 Å². The third-order valence-corrected chi connectivity index (χ3v) is 5.36. The van der Waals surface area contributed by atoms with Gasteiger partial charge in [0.2, 0.25) is 10.0 Å². The summed E-state index contributed by atoms with van der Waals surface area (Å²) in [6.45, 7) is 0. The van der Waals surface area contributed by atoms with Gasteiger partial charge in [0.25, 0.3) is 0 Å². The van der Waals surface area contributed by atoms with Crippen molar-refractivity contribution < 1.29 is 8.42 Å². The van der Waals surface area contributed by atoms with Crippen LogP contribution >= 0.6 is 0 Å². The smallest absolute Gasteiger partial charge is 0.238 e. The predicted molar refractivity (Wildman–Crippen MR) is 110 cm³/mol. The highest BCUT2D eigenvalue weighted by atomic mass is 32.2. The van der Waals surface area contributed by atoms with E-state index in [2.05, 4.69) is 21.6 Å². The van der Waals surface area contributed by atoms with Crippen molar-refractivity contribution in [3.8, 4) is 17.4 Å². The molecule has 0 saturated carbocycles. The van der Waals surface area contributed by atoms with Gasteiger partial charge in [-0.1, -0.05) is 12.1 Å². The Bertz CT molecular complexity index is 1350. The number of sulfonamides is 1. The summed E-state index contributed by atoms with van der Waals surface area (Å²) >= 11 is 0. The molecule has 0 saturated heterocycles. The van der Waals surface area contributed by atoms with E-state index in [9.17, 15) is 13.7 Å². The van der Waals surface area contributed by atoms with Crippen molar-refractivity contribution in [3.63, 3.8) is 0 Å². The van der Waals surface area contributed by atoms with Crippen LogP contribution in [0.15, 0.2) is 78.1 Å². The summed E-state index contributed by atoms with van der Waals surface area (Å²) < 4.78 is 26.3. The Morgan fingerprint density at radius 1 is 1.03 bits per heavy atom. The first-order chi connectivity index (χ1) is 14.5. The third-order valence-electron chi connectivity index (χ3n) is 4.43. The van der Waals surface area contributed by atoms with Crippen LogP contribution in [-0.2, 0) is 10.0 Å². The molecule has 0 bridgehead atoms. The Morgan fingerprint density at radius 3 is 2.33 bits per heavy atom.